The maximum Gasteiger partial charge on any atom is 0.273 e. The van der Waals surface area contributed by atoms with Gasteiger partial charge in [0.1, 0.15) is 28.6 Å². The van der Waals surface area contributed by atoms with Gasteiger partial charge in [-0.15, -0.1) is 0 Å². The zero-order valence-corrected chi connectivity index (χ0v) is 19.4. The van der Waals surface area contributed by atoms with Gasteiger partial charge in [0.2, 0.25) is 0 Å². The second-order valence-corrected chi connectivity index (χ2v) is 8.50. The minimum Gasteiger partial charge on any atom is -0.508 e. The molecule has 0 saturated carbocycles. The zero-order valence-electron chi connectivity index (χ0n) is 19.4. The van der Waals surface area contributed by atoms with Crippen LogP contribution in [0.5, 0.6) is 23.0 Å². The Bertz CT molecular complexity index is 1220. The van der Waals surface area contributed by atoms with Crippen LogP contribution in [0.15, 0.2) is 47.0 Å². The number of aromatic nitrogens is 1. The van der Waals surface area contributed by atoms with Crippen molar-refractivity contribution in [1.29, 1.82) is 0 Å². The molecule has 1 saturated heterocycles. The summed E-state index contributed by atoms with van der Waals surface area (Å²) in [4.78, 5) is 25.4. The van der Waals surface area contributed by atoms with E-state index in [1.165, 1.54) is 36.4 Å². The number of nitro groups is 1. The van der Waals surface area contributed by atoms with Gasteiger partial charge in [-0.05, 0) is 44.5 Å². The average Bonchev–Trinajstić information content (AvgIpc) is 3.33. The van der Waals surface area contributed by atoms with E-state index in [0.717, 1.165) is 45.0 Å². The largest absolute Gasteiger partial charge is 0.508 e. The Hall–Kier alpha value is -4.16. The number of ether oxygens (including phenoxy) is 1. The van der Waals surface area contributed by atoms with Crippen molar-refractivity contribution in [1.82, 2.24) is 15.4 Å². The summed E-state index contributed by atoms with van der Waals surface area (Å²) in [6.45, 7) is 3.35. The molecule has 4 rings (SSSR count). The number of hydrogen-bond donors (Lipinski definition) is 4. The molecule has 2 heterocycles. The number of non-ortho nitro benzene ring substituents is 1. The third kappa shape index (κ3) is 5.90. The first-order valence-electron chi connectivity index (χ1n) is 11.5. The third-order valence-corrected chi connectivity index (χ3v) is 5.93. The number of piperidine rings is 1. The minimum atomic E-state index is -0.540. The number of nitro benzene ring substituents is 1. The number of phenols is 2. The number of nitrogens with zero attached hydrogens (tertiary/aromatic N) is 3. The molecule has 0 bridgehead atoms. The summed E-state index contributed by atoms with van der Waals surface area (Å²) >= 11 is 0. The van der Waals surface area contributed by atoms with Crippen LogP contribution in [0.25, 0.3) is 11.3 Å². The molecule has 12 nitrogen and oxygen atoms in total. The molecule has 1 aliphatic heterocycles. The van der Waals surface area contributed by atoms with Crippen LogP contribution in [0.2, 0.25) is 0 Å². The van der Waals surface area contributed by atoms with Gasteiger partial charge < -0.3 is 35.4 Å². The molecule has 0 atom stereocenters. The Kier molecular flexibility index (Phi) is 7.66. The minimum absolute atomic E-state index is 0.00862. The van der Waals surface area contributed by atoms with Crippen molar-refractivity contribution in [2.45, 2.75) is 25.3 Å². The highest BCUT2D eigenvalue weighted by molar-refractivity contribution is 5.93. The number of aromatic hydroxyl groups is 2. The third-order valence-electron chi connectivity index (χ3n) is 5.93. The molecule has 190 valence electrons. The fraction of sp³-hybridized carbons (Fsp3) is 0.333. The van der Waals surface area contributed by atoms with Crippen LogP contribution in [0, 0.1) is 10.1 Å². The van der Waals surface area contributed by atoms with Gasteiger partial charge in [0, 0.05) is 49.5 Å². The molecular weight excluding hydrogens is 470 g/mol. The number of likely N-dealkylation sites (tertiary alicyclic amines) is 1. The van der Waals surface area contributed by atoms with Gasteiger partial charge in [-0.3, -0.25) is 14.9 Å². The molecule has 5 N–H and O–H groups in total. The zero-order chi connectivity index (χ0) is 25.7. The SMILES string of the molecule is NCCCN1CCC(NC(=O)c2cc(-c3c(O)cc(O)cc3Oc3ccc([N+](=O)[O-])cc3)on2)CC1. The summed E-state index contributed by atoms with van der Waals surface area (Å²) < 4.78 is 11.1. The maximum absolute atomic E-state index is 12.8. The van der Waals surface area contributed by atoms with Gasteiger partial charge in [-0.2, -0.15) is 0 Å². The van der Waals surface area contributed by atoms with E-state index >= 15 is 0 Å². The number of carbonyl (C=O) groups excluding carboxylic acids is 1. The lowest BCUT2D eigenvalue weighted by molar-refractivity contribution is -0.384. The number of hydrogen-bond acceptors (Lipinski definition) is 10. The number of amides is 1. The smallest absolute Gasteiger partial charge is 0.273 e. The molecule has 1 amide bonds. The Labute approximate surface area is 206 Å². The van der Waals surface area contributed by atoms with Crippen LogP contribution >= 0.6 is 0 Å². The van der Waals surface area contributed by atoms with Gasteiger partial charge >= 0.3 is 0 Å². The summed E-state index contributed by atoms with van der Waals surface area (Å²) in [5.74, 6) is -0.757. The maximum atomic E-state index is 12.8. The highest BCUT2D eigenvalue weighted by atomic mass is 16.6. The normalized spacial score (nSPS) is 14.5. The summed E-state index contributed by atoms with van der Waals surface area (Å²) in [5.41, 5.74) is 5.54. The van der Waals surface area contributed by atoms with Crippen LogP contribution in [0.4, 0.5) is 5.69 Å². The van der Waals surface area contributed by atoms with Crippen LogP contribution in [0.3, 0.4) is 0 Å². The molecule has 0 unspecified atom stereocenters. The number of benzene rings is 2. The van der Waals surface area contributed by atoms with E-state index in [1.54, 1.807) is 0 Å². The molecule has 3 aromatic rings. The van der Waals surface area contributed by atoms with Gasteiger partial charge in [0.25, 0.3) is 11.6 Å². The fourth-order valence-electron chi connectivity index (χ4n) is 4.05. The molecular formula is C24H27N5O7. The molecule has 1 fully saturated rings. The van der Waals surface area contributed by atoms with Crippen LogP contribution in [0.1, 0.15) is 29.8 Å². The lowest BCUT2D eigenvalue weighted by Crippen LogP contribution is -2.45. The number of phenolic OH excluding ortho intramolecular Hbond substituents is 2. The molecule has 0 spiro atoms. The molecule has 12 heteroatoms. The van der Waals surface area contributed by atoms with Crippen molar-refractivity contribution in [2.75, 3.05) is 26.2 Å². The standard InChI is InChI=1S/C24H27N5O7/c25-8-1-9-28-10-6-15(7-11-28)26-24(32)19-14-22(36-27-19)23-20(31)12-17(30)13-21(23)35-18-4-2-16(3-5-18)29(33)34/h2-5,12-15,30-31H,1,6-11,25H2,(H,26,32). The Morgan fingerprint density at radius 2 is 1.94 bits per heavy atom. The average molecular weight is 498 g/mol. The first-order chi connectivity index (χ1) is 17.3. The van der Waals surface area contributed by atoms with Crippen molar-refractivity contribution in [3.8, 4) is 34.3 Å². The van der Waals surface area contributed by atoms with Gasteiger partial charge in [-0.1, -0.05) is 5.16 Å². The molecule has 2 aromatic carbocycles. The molecule has 1 aromatic heterocycles. The fourth-order valence-corrected chi connectivity index (χ4v) is 4.05. The predicted octanol–water partition coefficient (Wildman–Crippen LogP) is 3.00. The number of carbonyl (C=O) groups is 1. The highest BCUT2D eigenvalue weighted by Crippen LogP contribution is 2.43. The monoisotopic (exact) mass is 497 g/mol. The molecule has 1 aliphatic rings. The van der Waals surface area contributed by atoms with Gasteiger partial charge in [0.05, 0.1) is 4.92 Å². The lowest BCUT2D eigenvalue weighted by Gasteiger charge is -2.32. The van der Waals surface area contributed by atoms with Crippen molar-refractivity contribution in [3.63, 3.8) is 0 Å². The van der Waals surface area contributed by atoms with E-state index in [9.17, 15) is 25.1 Å². The lowest BCUT2D eigenvalue weighted by atomic mass is 10.0. The molecule has 36 heavy (non-hydrogen) atoms. The van der Waals surface area contributed by atoms with Crippen molar-refractivity contribution >= 4 is 11.6 Å². The number of rotatable bonds is 9. The van der Waals surface area contributed by atoms with E-state index in [-0.39, 0.29) is 51.7 Å². The van der Waals surface area contributed by atoms with Crippen LogP contribution in [-0.2, 0) is 0 Å². The first-order valence-corrected chi connectivity index (χ1v) is 11.5. The van der Waals surface area contributed by atoms with Crippen molar-refractivity contribution in [3.05, 3.63) is 58.3 Å². The Balaban J connectivity index is 1.48. The number of nitrogens with one attached hydrogen (secondary N) is 1. The number of nitrogens with two attached hydrogens (primary N) is 1. The highest BCUT2D eigenvalue weighted by Gasteiger charge is 2.25. The van der Waals surface area contributed by atoms with Crippen molar-refractivity contribution < 1.29 is 29.2 Å². The summed E-state index contributed by atoms with van der Waals surface area (Å²) in [7, 11) is 0. The van der Waals surface area contributed by atoms with Crippen LogP contribution < -0.4 is 15.8 Å². The van der Waals surface area contributed by atoms with E-state index in [0.29, 0.717) is 6.54 Å². The van der Waals surface area contributed by atoms with E-state index < -0.39 is 10.8 Å². The van der Waals surface area contributed by atoms with E-state index in [2.05, 4.69) is 15.4 Å². The Morgan fingerprint density at radius 3 is 2.61 bits per heavy atom. The van der Waals surface area contributed by atoms with Gasteiger partial charge in [0.15, 0.2) is 11.5 Å². The molecule has 0 radical (unpaired) electrons. The molecule has 0 aliphatic carbocycles. The van der Waals surface area contributed by atoms with Gasteiger partial charge in [-0.25, -0.2) is 0 Å². The predicted molar refractivity (Wildman–Crippen MR) is 129 cm³/mol. The quantitative estimate of drug-likeness (QED) is 0.254. The summed E-state index contributed by atoms with van der Waals surface area (Å²) in [6.07, 6.45) is 2.57. The Morgan fingerprint density at radius 1 is 1.22 bits per heavy atom. The van der Waals surface area contributed by atoms with E-state index in [4.69, 9.17) is 15.0 Å². The van der Waals surface area contributed by atoms with Crippen molar-refractivity contribution in [2.24, 2.45) is 5.73 Å². The second kappa shape index (κ2) is 11.1. The second-order valence-electron chi connectivity index (χ2n) is 8.50. The summed E-state index contributed by atoms with van der Waals surface area (Å²) in [5, 5.41) is 38.1. The van der Waals surface area contributed by atoms with E-state index in [1.807, 2.05) is 0 Å². The van der Waals surface area contributed by atoms with Crippen LogP contribution in [-0.4, -0.2) is 63.3 Å². The first kappa shape index (κ1) is 24.9. The summed E-state index contributed by atoms with van der Waals surface area (Å²) in [6, 6.07) is 9.01. The topological polar surface area (TPSA) is 177 Å².